The van der Waals surface area contributed by atoms with Crippen molar-refractivity contribution in [3.8, 4) is 0 Å². The maximum absolute atomic E-state index is 12.2. The van der Waals surface area contributed by atoms with Crippen LogP contribution in [0.15, 0.2) is 33.9 Å². The smallest absolute Gasteiger partial charge is 0.329 e. The minimum Gasteiger partial charge on any atom is -0.385 e. The summed E-state index contributed by atoms with van der Waals surface area (Å²) in [5.74, 6) is 0.252. The summed E-state index contributed by atoms with van der Waals surface area (Å²) < 4.78 is 6.12. The Bertz CT molecular complexity index is 836. The summed E-state index contributed by atoms with van der Waals surface area (Å²) >= 11 is 0. The van der Waals surface area contributed by atoms with Crippen LogP contribution in [0.5, 0.6) is 0 Å². The van der Waals surface area contributed by atoms with Crippen molar-refractivity contribution in [3.63, 3.8) is 0 Å². The van der Waals surface area contributed by atoms with E-state index in [4.69, 9.17) is 4.74 Å². The number of unbranched alkanes of at least 4 members (excludes halogenated alkanes) is 1. The molecule has 0 saturated heterocycles. The van der Waals surface area contributed by atoms with Gasteiger partial charge in [0.15, 0.2) is 5.78 Å². The van der Waals surface area contributed by atoms with E-state index in [0.717, 1.165) is 16.6 Å². The Balaban J connectivity index is 2.19. The van der Waals surface area contributed by atoms with Gasteiger partial charge < -0.3 is 10.1 Å². The molecule has 2 N–H and O–H groups in total. The van der Waals surface area contributed by atoms with Crippen molar-refractivity contribution in [3.05, 3.63) is 56.2 Å². The molecule has 25 heavy (non-hydrogen) atoms. The van der Waals surface area contributed by atoms with Crippen molar-refractivity contribution in [2.75, 3.05) is 19.0 Å². The lowest BCUT2D eigenvalue weighted by Crippen LogP contribution is -2.35. The third kappa shape index (κ3) is 4.90. The Morgan fingerprint density at radius 1 is 1.24 bits per heavy atom. The summed E-state index contributed by atoms with van der Waals surface area (Å²) in [6.45, 7) is 4.29. The van der Waals surface area contributed by atoms with Gasteiger partial charge in [0, 0.05) is 37.6 Å². The van der Waals surface area contributed by atoms with Crippen LogP contribution in [0.25, 0.3) is 0 Å². The molecule has 0 amide bonds. The Morgan fingerprint density at radius 2 is 2.00 bits per heavy atom. The Kier molecular flexibility index (Phi) is 6.30. The van der Waals surface area contributed by atoms with Crippen molar-refractivity contribution in [2.45, 2.75) is 33.2 Å². The van der Waals surface area contributed by atoms with Crippen molar-refractivity contribution in [2.24, 2.45) is 0 Å². The first-order valence-electron chi connectivity index (χ1n) is 8.14. The molecule has 2 aromatic rings. The molecule has 7 nitrogen and oxygen atoms in total. The standard InChI is InChI=1S/C18H23N3O4/c1-12-6-7-14(10-15(12)13(2)22)19-16-11-17(23)21(18(24)20-16)8-4-5-9-25-3/h6-7,10-11,19H,4-5,8-9H2,1-3H3,(H,20,24). The van der Waals surface area contributed by atoms with E-state index < -0.39 is 5.69 Å². The molecule has 0 spiro atoms. The SMILES string of the molecule is COCCCCn1c(=O)cc(Nc2ccc(C)c(C(C)=O)c2)[nH]c1=O. The largest absolute Gasteiger partial charge is 0.385 e. The number of methoxy groups -OCH3 is 1. The highest BCUT2D eigenvalue weighted by molar-refractivity contribution is 5.96. The average molecular weight is 345 g/mol. The van der Waals surface area contributed by atoms with E-state index in [9.17, 15) is 14.4 Å². The predicted octanol–water partition coefficient (Wildman–Crippen LogP) is 2.22. The van der Waals surface area contributed by atoms with Crippen LogP contribution in [0.1, 0.15) is 35.7 Å². The first-order chi connectivity index (χ1) is 11.9. The molecule has 0 fully saturated rings. The molecule has 0 unspecified atom stereocenters. The second-order valence-electron chi connectivity index (χ2n) is 5.89. The maximum atomic E-state index is 12.2. The van der Waals surface area contributed by atoms with Gasteiger partial charge in [-0.25, -0.2) is 4.79 Å². The molecule has 0 bridgehead atoms. The number of nitrogens with one attached hydrogen (secondary N) is 2. The highest BCUT2D eigenvalue weighted by Crippen LogP contribution is 2.18. The van der Waals surface area contributed by atoms with Crippen LogP contribution in [0.4, 0.5) is 11.5 Å². The molecule has 2 rings (SSSR count). The van der Waals surface area contributed by atoms with Crippen molar-refractivity contribution in [1.82, 2.24) is 9.55 Å². The van der Waals surface area contributed by atoms with Gasteiger partial charge in [0.25, 0.3) is 5.56 Å². The first kappa shape index (κ1) is 18.7. The van der Waals surface area contributed by atoms with Crippen molar-refractivity contribution >= 4 is 17.3 Å². The molecular weight excluding hydrogens is 322 g/mol. The van der Waals surface area contributed by atoms with E-state index in [1.165, 1.54) is 13.0 Å². The second kappa shape index (κ2) is 8.43. The van der Waals surface area contributed by atoms with Crippen LogP contribution in [-0.2, 0) is 11.3 Å². The van der Waals surface area contributed by atoms with E-state index >= 15 is 0 Å². The number of anilines is 2. The molecule has 0 aliphatic heterocycles. The minimum atomic E-state index is -0.466. The van der Waals surface area contributed by atoms with E-state index in [0.29, 0.717) is 36.6 Å². The number of ether oxygens (including phenoxy) is 1. The number of ketones is 1. The van der Waals surface area contributed by atoms with Crippen LogP contribution >= 0.6 is 0 Å². The molecule has 0 atom stereocenters. The van der Waals surface area contributed by atoms with E-state index in [-0.39, 0.29) is 11.3 Å². The summed E-state index contributed by atoms with van der Waals surface area (Å²) in [4.78, 5) is 38.6. The van der Waals surface area contributed by atoms with Gasteiger partial charge in [0.2, 0.25) is 0 Å². The van der Waals surface area contributed by atoms with Crippen LogP contribution in [0, 0.1) is 6.92 Å². The average Bonchev–Trinajstić information content (AvgIpc) is 2.55. The molecule has 1 aromatic heterocycles. The zero-order chi connectivity index (χ0) is 18.4. The zero-order valence-electron chi connectivity index (χ0n) is 14.7. The number of aromatic nitrogens is 2. The van der Waals surface area contributed by atoms with Crippen LogP contribution in [0.2, 0.25) is 0 Å². The van der Waals surface area contributed by atoms with Gasteiger partial charge in [0.1, 0.15) is 5.82 Å². The van der Waals surface area contributed by atoms with Crippen molar-refractivity contribution < 1.29 is 9.53 Å². The monoisotopic (exact) mass is 345 g/mol. The topological polar surface area (TPSA) is 93.2 Å². The lowest BCUT2D eigenvalue weighted by Gasteiger charge is -2.10. The van der Waals surface area contributed by atoms with Crippen LogP contribution in [-0.4, -0.2) is 29.1 Å². The minimum absolute atomic E-state index is 0.0406. The van der Waals surface area contributed by atoms with Crippen LogP contribution < -0.4 is 16.6 Å². The number of aryl methyl sites for hydroxylation is 1. The molecular formula is C18H23N3O4. The Morgan fingerprint density at radius 3 is 2.64 bits per heavy atom. The van der Waals surface area contributed by atoms with E-state index in [1.807, 2.05) is 13.0 Å². The Labute approximate surface area is 145 Å². The summed E-state index contributed by atoms with van der Waals surface area (Å²) in [5, 5.41) is 2.97. The maximum Gasteiger partial charge on any atom is 0.329 e. The van der Waals surface area contributed by atoms with Gasteiger partial charge in [0.05, 0.1) is 0 Å². The quantitative estimate of drug-likeness (QED) is 0.565. The Hall–Kier alpha value is -2.67. The lowest BCUT2D eigenvalue weighted by atomic mass is 10.0. The number of aromatic amines is 1. The van der Waals surface area contributed by atoms with Gasteiger partial charge in [-0.15, -0.1) is 0 Å². The van der Waals surface area contributed by atoms with Gasteiger partial charge in [-0.1, -0.05) is 6.07 Å². The highest BCUT2D eigenvalue weighted by atomic mass is 16.5. The summed E-state index contributed by atoms with van der Waals surface area (Å²) in [7, 11) is 1.61. The molecule has 0 saturated carbocycles. The summed E-state index contributed by atoms with van der Waals surface area (Å²) in [6, 6.07) is 6.64. The predicted molar refractivity (Wildman–Crippen MR) is 96.9 cm³/mol. The number of nitrogens with zero attached hydrogens (tertiary/aromatic N) is 1. The van der Waals surface area contributed by atoms with Gasteiger partial charge in [-0.05, 0) is 44.4 Å². The van der Waals surface area contributed by atoms with Crippen LogP contribution in [0.3, 0.4) is 0 Å². The normalized spacial score (nSPS) is 10.7. The second-order valence-corrected chi connectivity index (χ2v) is 5.89. The van der Waals surface area contributed by atoms with E-state index in [2.05, 4.69) is 10.3 Å². The highest BCUT2D eigenvalue weighted by Gasteiger charge is 2.08. The molecule has 0 radical (unpaired) electrons. The number of benzene rings is 1. The van der Waals surface area contributed by atoms with E-state index in [1.54, 1.807) is 19.2 Å². The molecule has 0 aliphatic carbocycles. The number of Topliss-reactive ketones (excluding diaryl/α,β-unsaturated/α-hetero) is 1. The fourth-order valence-corrected chi connectivity index (χ4v) is 2.55. The number of carbonyl (C=O) groups is 1. The van der Waals surface area contributed by atoms with Gasteiger partial charge in [-0.3, -0.25) is 19.1 Å². The zero-order valence-corrected chi connectivity index (χ0v) is 14.7. The summed E-state index contributed by atoms with van der Waals surface area (Å²) in [6.07, 6.45) is 1.46. The third-order valence-corrected chi connectivity index (χ3v) is 3.90. The van der Waals surface area contributed by atoms with Crippen molar-refractivity contribution in [1.29, 1.82) is 0 Å². The third-order valence-electron chi connectivity index (χ3n) is 3.90. The lowest BCUT2D eigenvalue weighted by molar-refractivity contribution is 0.101. The summed E-state index contributed by atoms with van der Waals surface area (Å²) in [5.41, 5.74) is 1.26. The number of hydrogen-bond acceptors (Lipinski definition) is 5. The molecule has 134 valence electrons. The van der Waals surface area contributed by atoms with Gasteiger partial charge >= 0.3 is 5.69 Å². The molecule has 7 heteroatoms. The number of H-pyrrole nitrogens is 1. The van der Waals surface area contributed by atoms with Gasteiger partial charge in [-0.2, -0.15) is 0 Å². The fourth-order valence-electron chi connectivity index (χ4n) is 2.55. The number of rotatable bonds is 8. The number of hydrogen-bond donors (Lipinski definition) is 2. The fraction of sp³-hybridized carbons (Fsp3) is 0.389. The molecule has 1 heterocycles. The number of carbonyl (C=O) groups excluding carboxylic acids is 1. The molecule has 1 aromatic carbocycles. The molecule has 0 aliphatic rings. The first-order valence-corrected chi connectivity index (χ1v) is 8.14.